The molecule has 5 nitrogen and oxygen atoms in total. The zero-order chi connectivity index (χ0) is 15.2. The standard InChI is InChI=1S/C16H33N3O2.HI/c1-3-20-13-7-6-11-18-16(17-2)19-12-8-14-21-15-9-4-5-10-15;/h15H,3-14H2,1-2H3,(H2,17,18,19);1H. The Labute approximate surface area is 153 Å². The molecule has 6 heteroatoms. The van der Waals surface area contributed by atoms with E-state index < -0.39 is 0 Å². The molecule has 0 amide bonds. The van der Waals surface area contributed by atoms with Crippen molar-refractivity contribution in [2.75, 3.05) is 40.0 Å². The summed E-state index contributed by atoms with van der Waals surface area (Å²) in [7, 11) is 1.81. The molecule has 1 fully saturated rings. The first-order valence-corrected chi connectivity index (χ1v) is 8.50. The van der Waals surface area contributed by atoms with E-state index in [1.54, 1.807) is 0 Å². The lowest BCUT2D eigenvalue weighted by atomic mass is 10.3. The fraction of sp³-hybridized carbons (Fsp3) is 0.938. The van der Waals surface area contributed by atoms with E-state index in [0.29, 0.717) is 6.10 Å². The van der Waals surface area contributed by atoms with E-state index in [0.717, 1.165) is 58.1 Å². The molecule has 0 aromatic rings. The van der Waals surface area contributed by atoms with E-state index >= 15 is 0 Å². The predicted octanol–water partition coefficient (Wildman–Crippen LogP) is 2.94. The molecule has 0 unspecified atom stereocenters. The summed E-state index contributed by atoms with van der Waals surface area (Å²) in [4.78, 5) is 4.22. The van der Waals surface area contributed by atoms with Crippen molar-refractivity contribution >= 4 is 29.9 Å². The smallest absolute Gasteiger partial charge is 0.190 e. The maximum absolute atomic E-state index is 5.84. The fourth-order valence-electron chi connectivity index (χ4n) is 2.48. The average Bonchev–Trinajstić information content (AvgIpc) is 3.01. The van der Waals surface area contributed by atoms with Crippen LogP contribution < -0.4 is 10.6 Å². The van der Waals surface area contributed by atoms with E-state index in [9.17, 15) is 0 Å². The van der Waals surface area contributed by atoms with Gasteiger partial charge in [-0.25, -0.2) is 0 Å². The molecule has 0 atom stereocenters. The van der Waals surface area contributed by atoms with Gasteiger partial charge in [-0.1, -0.05) is 12.8 Å². The van der Waals surface area contributed by atoms with Crippen molar-refractivity contribution in [2.45, 2.75) is 58.0 Å². The zero-order valence-electron chi connectivity index (χ0n) is 14.2. The number of halogens is 1. The largest absolute Gasteiger partial charge is 0.382 e. The second-order valence-corrected chi connectivity index (χ2v) is 5.46. The van der Waals surface area contributed by atoms with Gasteiger partial charge in [0.2, 0.25) is 0 Å². The fourth-order valence-corrected chi connectivity index (χ4v) is 2.48. The Morgan fingerprint density at radius 1 is 1.05 bits per heavy atom. The molecule has 0 aromatic heterocycles. The highest BCUT2D eigenvalue weighted by Crippen LogP contribution is 2.20. The molecule has 132 valence electrons. The first kappa shape index (κ1) is 21.9. The molecular weight excluding hydrogens is 393 g/mol. The highest BCUT2D eigenvalue weighted by Gasteiger charge is 2.14. The molecule has 0 bridgehead atoms. The Hall–Kier alpha value is -0.0800. The summed E-state index contributed by atoms with van der Waals surface area (Å²) >= 11 is 0. The van der Waals surface area contributed by atoms with Gasteiger partial charge in [-0.15, -0.1) is 24.0 Å². The van der Waals surface area contributed by atoms with Crippen LogP contribution in [0.15, 0.2) is 4.99 Å². The lowest BCUT2D eigenvalue weighted by Crippen LogP contribution is -2.38. The van der Waals surface area contributed by atoms with Gasteiger partial charge >= 0.3 is 0 Å². The lowest BCUT2D eigenvalue weighted by molar-refractivity contribution is 0.0574. The number of hydrogen-bond acceptors (Lipinski definition) is 3. The highest BCUT2D eigenvalue weighted by atomic mass is 127. The van der Waals surface area contributed by atoms with Gasteiger partial charge in [0.1, 0.15) is 0 Å². The quantitative estimate of drug-likeness (QED) is 0.231. The molecule has 22 heavy (non-hydrogen) atoms. The third-order valence-electron chi connectivity index (χ3n) is 3.70. The molecule has 0 radical (unpaired) electrons. The predicted molar refractivity (Wildman–Crippen MR) is 103 cm³/mol. The van der Waals surface area contributed by atoms with Gasteiger partial charge in [0, 0.05) is 40.0 Å². The van der Waals surface area contributed by atoms with Gasteiger partial charge in [-0.05, 0) is 39.0 Å². The molecule has 1 rings (SSSR count). The molecular formula is C16H34IN3O2. The Morgan fingerprint density at radius 3 is 2.36 bits per heavy atom. The maximum atomic E-state index is 5.84. The second kappa shape index (κ2) is 15.8. The topological polar surface area (TPSA) is 54.9 Å². The molecule has 0 aromatic carbocycles. The van der Waals surface area contributed by atoms with Crippen molar-refractivity contribution in [3.63, 3.8) is 0 Å². The zero-order valence-corrected chi connectivity index (χ0v) is 16.6. The number of ether oxygens (including phenoxy) is 2. The van der Waals surface area contributed by atoms with Gasteiger partial charge in [0.05, 0.1) is 6.10 Å². The van der Waals surface area contributed by atoms with Gasteiger partial charge in [0.25, 0.3) is 0 Å². The monoisotopic (exact) mass is 427 g/mol. The first-order chi connectivity index (χ1) is 10.4. The maximum Gasteiger partial charge on any atom is 0.190 e. The highest BCUT2D eigenvalue weighted by molar-refractivity contribution is 14.0. The van der Waals surface area contributed by atoms with Crippen LogP contribution in [0.3, 0.4) is 0 Å². The Bertz CT molecular complexity index is 272. The summed E-state index contributed by atoms with van der Waals surface area (Å²) in [5.74, 6) is 0.882. The summed E-state index contributed by atoms with van der Waals surface area (Å²) in [6.45, 7) is 6.38. The molecule has 2 N–H and O–H groups in total. The summed E-state index contributed by atoms with van der Waals surface area (Å²) in [6.07, 6.45) is 8.91. The van der Waals surface area contributed by atoms with Gasteiger partial charge < -0.3 is 20.1 Å². The lowest BCUT2D eigenvalue weighted by Gasteiger charge is -2.13. The SMILES string of the molecule is CCOCCCCNC(=NC)NCCCOC1CCCC1.I. The van der Waals surface area contributed by atoms with Crippen molar-refractivity contribution in [1.82, 2.24) is 10.6 Å². The number of nitrogens with zero attached hydrogens (tertiary/aromatic N) is 1. The van der Waals surface area contributed by atoms with Crippen LogP contribution in [-0.2, 0) is 9.47 Å². The second-order valence-electron chi connectivity index (χ2n) is 5.46. The summed E-state index contributed by atoms with van der Waals surface area (Å²) in [6, 6.07) is 0. The first-order valence-electron chi connectivity index (χ1n) is 8.50. The van der Waals surface area contributed by atoms with Crippen molar-refractivity contribution < 1.29 is 9.47 Å². The van der Waals surface area contributed by atoms with Crippen LogP contribution in [0.2, 0.25) is 0 Å². The number of rotatable bonds is 11. The third-order valence-corrected chi connectivity index (χ3v) is 3.70. The van der Waals surface area contributed by atoms with Gasteiger partial charge in [-0.3, -0.25) is 4.99 Å². The number of hydrogen-bond donors (Lipinski definition) is 2. The third kappa shape index (κ3) is 11.5. The molecule has 0 saturated heterocycles. The summed E-state index contributed by atoms with van der Waals surface area (Å²) < 4.78 is 11.2. The summed E-state index contributed by atoms with van der Waals surface area (Å²) in [5, 5.41) is 6.65. The molecule has 1 aliphatic carbocycles. The normalized spacial score (nSPS) is 15.6. The van der Waals surface area contributed by atoms with Crippen molar-refractivity contribution in [3.05, 3.63) is 0 Å². The van der Waals surface area contributed by atoms with Crippen LogP contribution in [0.25, 0.3) is 0 Å². The van der Waals surface area contributed by atoms with Crippen LogP contribution in [0.4, 0.5) is 0 Å². The molecule has 1 saturated carbocycles. The molecule has 0 aliphatic heterocycles. The minimum atomic E-state index is 0. The van der Waals surface area contributed by atoms with Crippen molar-refractivity contribution in [3.8, 4) is 0 Å². The van der Waals surface area contributed by atoms with Crippen LogP contribution >= 0.6 is 24.0 Å². The van der Waals surface area contributed by atoms with Gasteiger partial charge in [-0.2, -0.15) is 0 Å². The van der Waals surface area contributed by atoms with Crippen LogP contribution in [0.5, 0.6) is 0 Å². The van der Waals surface area contributed by atoms with Gasteiger partial charge in [0.15, 0.2) is 5.96 Å². The van der Waals surface area contributed by atoms with E-state index in [-0.39, 0.29) is 24.0 Å². The number of unbranched alkanes of at least 4 members (excludes halogenated alkanes) is 1. The van der Waals surface area contributed by atoms with E-state index in [1.165, 1.54) is 25.7 Å². The number of aliphatic imine (C=N–C) groups is 1. The van der Waals surface area contributed by atoms with E-state index in [1.807, 2.05) is 14.0 Å². The van der Waals surface area contributed by atoms with Crippen molar-refractivity contribution in [2.24, 2.45) is 4.99 Å². The molecule has 0 spiro atoms. The van der Waals surface area contributed by atoms with Crippen molar-refractivity contribution in [1.29, 1.82) is 0 Å². The summed E-state index contributed by atoms with van der Waals surface area (Å²) in [5.41, 5.74) is 0. The Balaban J connectivity index is 0.00000441. The Morgan fingerprint density at radius 2 is 1.73 bits per heavy atom. The number of guanidine groups is 1. The van der Waals surface area contributed by atoms with Crippen LogP contribution in [-0.4, -0.2) is 52.0 Å². The minimum Gasteiger partial charge on any atom is -0.382 e. The minimum absolute atomic E-state index is 0. The van der Waals surface area contributed by atoms with E-state index in [2.05, 4.69) is 15.6 Å². The average molecular weight is 427 g/mol. The molecule has 0 heterocycles. The Kier molecular flexibility index (Phi) is 15.7. The van der Waals surface area contributed by atoms with Crippen LogP contribution in [0, 0.1) is 0 Å². The number of nitrogens with one attached hydrogen (secondary N) is 2. The molecule has 1 aliphatic rings. The van der Waals surface area contributed by atoms with Crippen LogP contribution in [0.1, 0.15) is 51.9 Å². The van der Waals surface area contributed by atoms with E-state index in [4.69, 9.17) is 9.47 Å².